The molecule has 0 atom stereocenters. The van der Waals surface area contributed by atoms with Crippen LogP contribution >= 0.6 is 11.6 Å². The lowest BCUT2D eigenvalue weighted by Crippen LogP contribution is -2.32. The van der Waals surface area contributed by atoms with Gasteiger partial charge in [0.05, 0.1) is 17.3 Å². The summed E-state index contributed by atoms with van der Waals surface area (Å²) in [6.45, 7) is 9.38. The van der Waals surface area contributed by atoms with Crippen LogP contribution in [0.25, 0.3) is 22.1 Å². The number of hydrogen-bond acceptors (Lipinski definition) is 5. The molecule has 0 spiro atoms. The van der Waals surface area contributed by atoms with Crippen LogP contribution in [0.3, 0.4) is 0 Å². The number of furan rings is 1. The number of carbonyl (C=O) groups excluding carboxylic acids is 1. The smallest absolute Gasteiger partial charge is 0.408 e. The summed E-state index contributed by atoms with van der Waals surface area (Å²) >= 11 is 6.39. The molecule has 0 aliphatic heterocycles. The fourth-order valence-electron chi connectivity index (χ4n) is 2.76. The number of halogens is 1. The molecule has 138 valence electrons. The first-order chi connectivity index (χ1) is 12.1. The minimum atomic E-state index is -0.551. The number of nitrogens with zero attached hydrogens (tertiary/aromatic N) is 1. The maximum atomic E-state index is 11.8. The summed E-state index contributed by atoms with van der Waals surface area (Å²) in [6.07, 6.45) is -0.500. The van der Waals surface area contributed by atoms with E-state index in [0.717, 1.165) is 28.0 Å². The third-order valence-corrected chi connectivity index (χ3v) is 4.03. The van der Waals surface area contributed by atoms with Gasteiger partial charge >= 0.3 is 6.09 Å². The van der Waals surface area contributed by atoms with E-state index in [0.29, 0.717) is 16.4 Å². The van der Waals surface area contributed by atoms with Gasteiger partial charge in [-0.05, 0) is 58.4 Å². The normalized spacial score (nSPS) is 11.8. The van der Waals surface area contributed by atoms with Crippen LogP contribution in [0.4, 0.5) is 4.79 Å². The average molecular weight is 377 g/mol. The van der Waals surface area contributed by atoms with Gasteiger partial charge in [-0.3, -0.25) is 0 Å². The minimum absolute atomic E-state index is 0.209. The van der Waals surface area contributed by atoms with Crippen LogP contribution in [-0.4, -0.2) is 16.9 Å². The van der Waals surface area contributed by atoms with Crippen LogP contribution in [0.5, 0.6) is 0 Å². The second-order valence-corrected chi connectivity index (χ2v) is 7.55. The lowest BCUT2D eigenvalue weighted by atomic mass is 10.0. The van der Waals surface area contributed by atoms with Gasteiger partial charge in [-0.25, -0.2) is 4.79 Å². The van der Waals surface area contributed by atoms with Gasteiger partial charge in [0.1, 0.15) is 17.1 Å². The zero-order chi connectivity index (χ0) is 19.1. The Balaban J connectivity index is 1.85. The molecule has 0 fully saturated rings. The summed E-state index contributed by atoms with van der Waals surface area (Å²) in [5.41, 5.74) is 2.65. The van der Waals surface area contributed by atoms with Gasteiger partial charge in [0.15, 0.2) is 5.58 Å². The van der Waals surface area contributed by atoms with Crippen LogP contribution in [0.15, 0.2) is 27.1 Å². The molecule has 7 heteroatoms. The van der Waals surface area contributed by atoms with Crippen molar-refractivity contribution in [1.29, 1.82) is 0 Å². The summed E-state index contributed by atoms with van der Waals surface area (Å²) in [5, 5.41) is 7.98. The van der Waals surface area contributed by atoms with Gasteiger partial charge in [-0.15, -0.1) is 0 Å². The van der Waals surface area contributed by atoms with Crippen molar-refractivity contribution in [2.45, 2.75) is 46.8 Å². The molecule has 6 nitrogen and oxygen atoms in total. The van der Waals surface area contributed by atoms with Crippen LogP contribution < -0.4 is 5.32 Å². The van der Waals surface area contributed by atoms with Crippen molar-refractivity contribution in [1.82, 2.24) is 10.5 Å². The van der Waals surface area contributed by atoms with Gasteiger partial charge in [-0.1, -0.05) is 16.8 Å². The molecule has 0 unspecified atom stereocenters. The molecule has 1 N–H and O–H groups in total. The van der Waals surface area contributed by atoms with Crippen LogP contribution in [0, 0.1) is 13.8 Å². The fourth-order valence-corrected chi connectivity index (χ4v) is 3.03. The van der Waals surface area contributed by atoms with Crippen molar-refractivity contribution in [3.8, 4) is 11.1 Å². The number of aryl methyl sites for hydroxylation is 2. The van der Waals surface area contributed by atoms with Crippen molar-refractivity contribution in [2.75, 3.05) is 0 Å². The minimum Gasteiger partial charge on any atom is -0.458 e. The molecule has 0 saturated heterocycles. The molecule has 3 rings (SSSR count). The highest BCUT2D eigenvalue weighted by Gasteiger charge is 2.18. The van der Waals surface area contributed by atoms with Crippen LogP contribution in [0.1, 0.15) is 38.0 Å². The highest BCUT2D eigenvalue weighted by Crippen LogP contribution is 2.35. The highest BCUT2D eigenvalue weighted by molar-refractivity contribution is 6.35. The molecule has 3 aromatic rings. The van der Waals surface area contributed by atoms with E-state index in [9.17, 15) is 4.79 Å². The van der Waals surface area contributed by atoms with E-state index in [1.165, 1.54) is 0 Å². The maximum absolute atomic E-state index is 11.8. The van der Waals surface area contributed by atoms with E-state index >= 15 is 0 Å². The summed E-state index contributed by atoms with van der Waals surface area (Å²) in [4.78, 5) is 11.8. The molecular weight excluding hydrogens is 356 g/mol. The number of nitrogens with one attached hydrogen (secondary N) is 1. The van der Waals surface area contributed by atoms with E-state index in [1.807, 2.05) is 52.8 Å². The van der Waals surface area contributed by atoms with Crippen LogP contribution in [-0.2, 0) is 11.3 Å². The lowest BCUT2D eigenvalue weighted by Gasteiger charge is -2.19. The number of rotatable bonds is 3. The number of benzene rings is 1. The summed E-state index contributed by atoms with van der Waals surface area (Å²) in [6, 6.07) is 5.64. The van der Waals surface area contributed by atoms with Gasteiger partial charge < -0.3 is 19.0 Å². The van der Waals surface area contributed by atoms with Crippen molar-refractivity contribution >= 4 is 28.7 Å². The summed E-state index contributed by atoms with van der Waals surface area (Å²) < 4.78 is 16.2. The third-order valence-electron chi connectivity index (χ3n) is 3.75. The Morgan fingerprint density at radius 1 is 1.27 bits per heavy atom. The van der Waals surface area contributed by atoms with Crippen molar-refractivity contribution in [3.63, 3.8) is 0 Å². The number of alkyl carbamates (subject to hydrolysis) is 1. The monoisotopic (exact) mass is 376 g/mol. The highest BCUT2D eigenvalue weighted by atomic mass is 35.5. The van der Waals surface area contributed by atoms with E-state index in [1.54, 1.807) is 0 Å². The second kappa shape index (κ2) is 6.68. The van der Waals surface area contributed by atoms with Crippen LogP contribution in [0.2, 0.25) is 5.02 Å². The Labute approximate surface area is 156 Å². The number of hydrogen-bond donors (Lipinski definition) is 1. The molecule has 0 radical (unpaired) electrons. The predicted molar refractivity (Wildman–Crippen MR) is 99.3 cm³/mol. The van der Waals surface area contributed by atoms with E-state index in [2.05, 4.69) is 10.5 Å². The van der Waals surface area contributed by atoms with Crippen molar-refractivity contribution < 1.29 is 18.5 Å². The quantitative estimate of drug-likeness (QED) is 0.663. The molecule has 1 amide bonds. The molecule has 26 heavy (non-hydrogen) atoms. The van der Waals surface area contributed by atoms with E-state index < -0.39 is 11.7 Å². The fraction of sp³-hybridized carbons (Fsp3) is 0.368. The third kappa shape index (κ3) is 3.85. The number of fused-ring (bicyclic) bond motifs is 1. The SMILES string of the molecule is Cc1noc(C)c1-c1cc(Cl)c2oc(CNC(=O)OC(C)(C)C)cc2c1. The average Bonchev–Trinajstić information content (AvgIpc) is 3.07. The largest absolute Gasteiger partial charge is 0.458 e. The Bertz CT molecular complexity index is 946. The first kappa shape index (κ1) is 18.3. The molecule has 2 heterocycles. The molecule has 0 bridgehead atoms. The summed E-state index contributed by atoms with van der Waals surface area (Å²) in [7, 11) is 0. The maximum Gasteiger partial charge on any atom is 0.408 e. The number of amides is 1. The van der Waals surface area contributed by atoms with E-state index in [-0.39, 0.29) is 6.54 Å². The molecule has 1 aromatic carbocycles. The summed E-state index contributed by atoms with van der Waals surface area (Å²) in [5.74, 6) is 1.32. The van der Waals surface area contributed by atoms with Gasteiger partial charge in [0.25, 0.3) is 0 Å². The standard InChI is InChI=1S/C19H21ClN2O4/c1-10-16(11(2)26-22-10)12-6-13-7-14(24-17(13)15(20)8-12)9-21-18(23)25-19(3,4)5/h6-8H,9H2,1-5H3,(H,21,23). The number of carbonyl (C=O) groups is 1. The van der Waals surface area contributed by atoms with Gasteiger partial charge in [-0.2, -0.15) is 0 Å². The molecule has 2 aromatic heterocycles. The first-order valence-corrected chi connectivity index (χ1v) is 8.64. The topological polar surface area (TPSA) is 77.5 Å². The Morgan fingerprint density at radius 3 is 2.62 bits per heavy atom. The Kier molecular flexibility index (Phi) is 4.71. The van der Waals surface area contributed by atoms with E-state index in [4.69, 9.17) is 25.3 Å². The molecule has 0 saturated carbocycles. The molecular formula is C19H21ClN2O4. The predicted octanol–water partition coefficient (Wildman–Crippen LogP) is 5.38. The zero-order valence-corrected chi connectivity index (χ0v) is 16.2. The van der Waals surface area contributed by atoms with Gasteiger partial charge in [0.2, 0.25) is 0 Å². The number of aromatic nitrogens is 1. The Morgan fingerprint density at radius 2 is 2.00 bits per heavy atom. The Hall–Kier alpha value is -2.47. The number of ether oxygens (including phenoxy) is 1. The lowest BCUT2D eigenvalue weighted by molar-refractivity contribution is 0.0520. The zero-order valence-electron chi connectivity index (χ0n) is 15.4. The first-order valence-electron chi connectivity index (χ1n) is 8.26. The second-order valence-electron chi connectivity index (χ2n) is 7.14. The molecule has 0 aliphatic rings. The van der Waals surface area contributed by atoms with Crippen molar-refractivity contribution in [2.24, 2.45) is 0 Å². The van der Waals surface area contributed by atoms with Crippen molar-refractivity contribution in [3.05, 3.63) is 40.4 Å². The van der Waals surface area contributed by atoms with Gasteiger partial charge in [0, 0.05) is 10.9 Å². The molecule has 0 aliphatic carbocycles.